The number of ether oxygens (including phenoxy) is 2. The van der Waals surface area contributed by atoms with Gasteiger partial charge >= 0.3 is 0 Å². The molecule has 0 radical (unpaired) electrons. The summed E-state index contributed by atoms with van der Waals surface area (Å²) in [6.45, 7) is 4.88. The van der Waals surface area contributed by atoms with Crippen molar-refractivity contribution in [2.24, 2.45) is 0 Å². The number of aromatic nitrogens is 2. The first-order valence-corrected chi connectivity index (χ1v) is 5.61. The molecule has 2 unspecified atom stereocenters. The van der Waals surface area contributed by atoms with Crippen LogP contribution in [-0.2, 0) is 4.74 Å². The lowest BCUT2D eigenvalue weighted by Gasteiger charge is -2.30. The Kier molecular flexibility index (Phi) is 3.06. The number of rotatable bonds is 3. The van der Waals surface area contributed by atoms with Gasteiger partial charge in [0.2, 0.25) is 5.88 Å². The summed E-state index contributed by atoms with van der Waals surface area (Å²) in [5.41, 5.74) is 6.19. The second-order valence-corrected chi connectivity index (χ2v) is 4.45. The zero-order valence-corrected chi connectivity index (χ0v) is 10.4. The SMILES string of the molecule is COc1ncnc(NC2(C)CCOC2C)c1N. The van der Waals surface area contributed by atoms with Gasteiger partial charge in [-0.2, -0.15) is 4.98 Å². The van der Waals surface area contributed by atoms with Crippen LogP contribution >= 0.6 is 0 Å². The van der Waals surface area contributed by atoms with Crippen LogP contribution in [0.15, 0.2) is 6.33 Å². The number of nitrogens with one attached hydrogen (secondary N) is 1. The molecule has 1 fully saturated rings. The maximum absolute atomic E-state index is 5.92. The minimum absolute atomic E-state index is 0.114. The molecule has 0 aromatic carbocycles. The predicted molar refractivity (Wildman–Crippen MR) is 65.1 cm³/mol. The Bertz CT molecular complexity index is 412. The molecule has 1 aromatic rings. The van der Waals surface area contributed by atoms with E-state index in [1.807, 2.05) is 6.92 Å². The van der Waals surface area contributed by atoms with Crippen molar-refractivity contribution in [3.63, 3.8) is 0 Å². The van der Waals surface area contributed by atoms with E-state index in [1.165, 1.54) is 13.4 Å². The molecule has 0 spiro atoms. The lowest BCUT2D eigenvalue weighted by atomic mass is 9.95. The van der Waals surface area contributed by atoms with Gasteiger partial charge in [0, 0.05) is 6.61 Å². The smallest absolute Gasteiger partial charge is 0.242 e. The van der Waals surface area contributed by atoms with E-state index in [4.69, 9.17) is 15.2 Å². The second kappa shape index (κ2) is 4.37. The third-order valence-electron chi connectivity index (χ3n) is 3.33. The molecule has 0 bridgehead atoms. The Balaban J connectivity index is 2.24. The average Bonchev–Trinajstić information content (AvgIpc) is 2.62. The van der Waals surface area contributed by atoms with Crippen molar-refractivity contribution in [1.82, 2.24) is 9.97 Å². The number of methoxy groups -OCH3 is 1. The molecule has 6 nitrogen and oxygen atoms in total. The normalized spacial score (nSPS) is 28.1. The summed E-state index contributed by atoms with van der Waals surface area (Å²) in [7, 11) is 1.53. The lowest BCUT2D eigenvalue weighted by molar-refractivity contribution is 0.105. The number of hydrogen-bond donors (Lipinski definition) is 2. The number of anilines is 2. The highest BCUT2D eigenvalue weighted by molar-refractivity contribution is 5.67. The van der Waals surface area contributed by atoms with E-state index in [1.54, 1.807) is 0 Å². The van der Waals surface area contributed by atoms with Gasteiger partial charge in [-0.1, -0.05) is 0 Å². The van der Waals surface area contributed by atoms with Crippen molar-refractivity contribution in [2.45, 2.75) is 31.9 Å². The lowest BCUT2D eigenvalue weighted by Crippen LogP contribution is -2.41. The average molecular weight is 238 g/mol. The Morgan fingerprint density at radius 3 is 2.94 bits per heavy atom. The van der Waals surface area contributed by atoms with Crippen LogP contribution in [0.5, 0.6) is 5.88 Å². The van der Waals surface area contributed by atoms with E-state index in [-0.39, 0.29) is 11.6 Å². The fraction of sp³-hybridized carbons (Fsp3) is 0.636. The van der Waals surface area contributed by atoms with Crippen LogP contribution in [0.4, 0.5) is 11.5 Å². The van der Waals surface area contributed by atoms with E-state index >= 15 is 0 Å². The molecule has 1 aliphatic heterocycles. The maximum atomic E-state index is 5.92. The van der Waals surface area contributed by atoms with Crippen molar-refractivity contribution in [3.8, 4) is 5.88 Å². The molecule has 0 amide bonds. The first kappa shape index (κ1) is 11.9. The van der Waals surface area contributed by atoms with E-state index in [2.05, 4.69) is 22.2 Å². The zero-order chi connectivity index (χ0) is 12.5. The zero-order valence-electron chi connectivity index (χ0n) is 10.4. The number of hydrogen-bond acceptors (Lipinski definition) is 6. The fourth-order valence-electron chi connectivity index (χ4n) is 1.91. The van der Waals surface area contributed by atoms with E-state index in [9.17, 15) is 0 Å². The molecule has 1 saturated heterocycles. The topological polar surface area (TPSA) is 82.3 Å². The number of nitrogens with zero attached hydrogens (tertiary/aromatic N) is 2. The molecular formula is C11H18N4O2. The molecule has 17 heavy (non-hydrogen) atoms. The van der Waals surface area contributed by atoms with Crippen molar-refractivity contribution in [3.05, 3.63) is 6.33 Å². The molecule has 0 saturated carbocycles. The van der Waals surface area contributed by atoms with Crippen LogP contribution < -0.4 is 15.8 Å². The minimum Gasteiger partial charge on any atom is -0.479 e. The van der Waals surface area contributed by atoms with Gasteiger partial charge in [0.1, 0.15) is 12.0 Å². The maximum Gasteiger partial charge on any atom is 0.242 e. The largest absolute Gasteiger partial charge is 0.479 e. The molecule has 0 aliphatic carbocycles. The van der Waals surface area contributed by atoms with Gasteiger partial charge in [-0.15, -0.1) is 0 Å². The summed E-state index contributed by atoms with van der Waals surface area (Å²) in [5.74, 6) is 0.981. The van der Waals surface area contributed by atoms with Gasteiger partial charge in [-0.3, -0.25) is 0 Å². The van der Waals surface area contributed by atoms with Crippen LogP contribution in [0, 0.1) is 0 Å². The van der Waals surface area contributed by atoms with Crippen LogP contribution in [0.2, 0.25) is 0 Å². The fourth-order valence-corrected chi connectivity index (χ4v) is 1.91. The molecule has 3 N–H and O–H groups in total. The van der Waals surface area contributed by atoms with Crippen LogP contribution in [0.3, 0.4) is 0 Å². The summed E-state index contributed by atoms with van der Waals surface area (Å²) < 4.78 is 10.6. The van der Waals surface area contributed by atoms with Crippen molar-refractivity contribution in [2.75, 3.05) is 24.8 Å². The third-order valence-corrected chi connectivity index (χ3v) is 3.33. The summed E-state index contributed by atoms with van der Waals surface area (Å²) >= 11 is 0. The highest BCUT2D eigenvalue weighted by Crippen LogP contribution is 2.32. The van der Waals surface area contributed by atoms with Crippen molar-refractivity contribution in [1.29, 1.82) is 0 Å². The monoisotopic (exact) mass is 238 g/mol. The molecule has 1 aliphatic rings. The Hall–Kier alpha value is -1.56. The highest BCUT2D eigenvalue weighted by atomic mass is 16.5. The van der Waals surface area contributed by atoms with Crippen molar-refractivity contribution < 1.29 is 9.47 Å². The van der Waals surface area contributed by atoms with E-state index in [0.717, 1.165) is 13.0 Å². The minimum atomic E-state index is -0.159. The van der Waals surface area contributed by atoms with E-state index < -0.39 is 0 Å². The molecule has 2 rings (SSSR count). The molecule has 2 atom stereocenters. The van der Waals surface area contributed by atoms with Gasteiger partial charge in [-0.25, -0.2) is 4.98 Å². The molecule has 94 valence electrons. The van der Waals surface area contributed by atoms with Gasteiger partial charge in [0.05, 0.1) is 18.8 Å². The first-order chi connectivity index (χ1) is 8.07. The first-order valence-electron chi connectivity index (χ1n) is 5.61. The summed E-state index contributed by atoms with van der Waals surface area (Å²) in [6.07, 6.45) is 2.46. The third kappa shape index (κ3) is 2.12. The molecule has 6 heteroatoms. The standard InChI is InChI=1S/C11H18N4O2/c1-7-11(2,4-5-17-7)15-9-8(12)10(16-3)14-6-13-9/h6-7H,4-5,12H2,1-3H3,(H,13,14,15). The van der Waals surface area contributed by atoms with Gasteiger partial charge in [0.15, 0.2) is 5.82 Å². The van der Waals surface area contributed by atoms with Crippen molar-refractivity contribution >= 4 is 11.5 Å². The highest BCUT2D eigenvalue weighted by Gasteiger charge is 2.37. The van der Waals surface area contributed by atoms with Gasteiger partial charge in [0.25, 0.3) is 0 Å². The molecular weight excluding hydrogens is 220 g/mol. The number of nitrogens with two attached hydrogens (primary N) is 1. The summed E-state index contributed by atoms with van der Waals surface area (Å²) in [4.78, 5) is 8.09. The summed E-state index contributed by atoms with van der Waals surface area (Å²) in [5, 5.41) is 3.33. The Labute approximate surface area is 101 Å². The number of nitrogen functional groups attached to an aromatic ring is 1. The van der Waals surface area contributed by atoms with Gasteiger partial charge in [-0.05, 0) is 20.3 Å². The van der Waals surface area contributed by atoms with Crippen LogP contribution in [0.25, 0.3) is 0 Å². The van der Waals surface area contributed by atoms with Gasteiger partial charge < -0.3 is 20.5 Å². The second-order valence-electron chi connectivity index (χ2n) is 4.45. The Morgan fingerprint density at radius 2 is 2.35 bits per heavy atom. The quantitative estimate of drug-likeness (QED) is 0.819. The molecule has 2 heterocycles. The molecule has 1 aromatic heterocycles. The van der Waals surface area contributed by atoms with E-state index in [0.29, 0.717) is 17.4 Å². The predicted octanol–water partition coefficient (Wildman–Crippen LogP) is 1.05. The van der Waals surface area contributed by atoms with Crippen LogP contribution in [-0.4, -0.2) is 35.3 Å². The van der Waals surface area contributed by atoms with Crippen LogP contribution in [0.1, 0.15) is 20.3 Å². The Morgan fingerprint density at radius 1 is 1.59 bits per heavy atom. The summed E-state index contributed by atoms with van der Waals surface area (Å²) in [6, 6.07) is 0.